The van der Waals surface area contributed by atoms with Gasteiger partial charge in [-0.1, -0.05) is 18.2 Å². The molecule has 1 aromatic heterocycles. The number of aliphatic hydroxyl groups excluding tert-OH is 3. The number of nitrogens with one attached hydrogen (secondary N) is 1. The van der Waals surface area contributed by atoms with E-state index >= 15 is 0 Å². The Morgan fingerprint density at radius 3 is 2.49 bits per heavy atom. The lowest BCUT2D eigenvalue weighted by molar-refractivity contribution is -0.277. The zero-order chi connectivity index (χ0) is 28.0. The number of likely N-dealkylation sites (N-methyl/N-ethyl adjacent to an activating group) is 1. The molecule has 0 saturated carbocycles. The molecule has 5 N–H and O–H groups in total. The van der Waals surface area contributed by atoms with Gasteiger partial charge in [0.2, 0.25) is 6.29 Å². The van der Waals surface area contributed by atoms with Gasteiger partial charge in [0.05, 0.1) is 4.90 Å². The first-order chi connectivity index (χ1) is 17.7. The molecule has 1 saturated heterocycles. The number of sulfonamides is 1. The standard InChI is InChI=1S/C21H21N3O10S/c1-24-13(19(28)23-12-8-4-5-9-22-12)17(10-6-2-3-7-11(10)35(24,31)32)33-21-16(27)14(25)15(26)18(34-21)20(29)30/h2-9,14-16,18,21,25-27H,1H3,(H,29,30)(H,22,23,28)/t14-,15-,16+,18-,21+/m0/s1/i1D3. The number of amides is 1. The van der Waals surface area contributed by atoms with Gasteiger partial charge in [0, 0.05) is 22.8 Å². The number of carbonyl (C=O) groups is 2. The highest BCUT2D eigenvalue weighted by atomic mass is 32.2. The fourth-order valence-corrected chi connectivity index (χ4v) is 4.80. The number of carbonyl (C=O) groups excluding carboxylic acids is 1. The summed E-state index contributed by atoms with van der Waals surface area (Å²) in [6.07, 6.45) is -9.13. The molecule has 1 amide bonds. The van der Waals surface area contributed by atoms with Crippen LogP contribution in [0.5, 0.6) is 0 Å². The lowest BCUT2D eigenvalue weighted by Gasteiger charge is -2.40. The number of hydrogen-bond donors (Lipinski definition) is 5. The monoisotopic (exact) mass is 510 g/mol. The Bertz CT molecular complexity index is 1390. The summed E-state index contributed by atoms with van der Waals surface area (Å²) in [4.78, 5) is 28.2. The van der Waals surface area contributed by atoms with Crippen LogP contribution < -0.4 is 5.32 Å². The molecule has 4 rings (SSSR count). The zero-order valence-electron chi connectivity index (χ0n) is 20.5. The summed E-state index contributed by atoms with van der Waals surface area (Å²) in [5.41, 5.74) is -1.37. The van der Waals surface area contributed by atoms with Gasteiger partial charge in [0.15, 0.2) is 17.6 Å². The summed E-state index contributed by atoms with van der Waals surface area (Å²) in [5, 5.41) is 42.2. The number of hydrogen-bond acceptors (Lipinski definition) is 10. The maximum Gasteiger partial charge on any atom is 0.335 e. The summed E-state index contributed by atoms with van der Waals surface area (Å²) >= 11 is 0. The second kappa shape index (κ2) is 9.24. The molecular weight excluding hydrogens is 486 g/mol. The summed E-state index contributed by atoms with van der Waals surface area (Å²) in [6, 6.07) is 9.24. The van der Waals surface area contributed by atoms with Crippen molar-refractivity contribution >= 4 is 33.5 Å². The number of aliphatic carboxylic acids is 1. The second-order valence-corrected chi connectivity index (χ2v) is 9.22. The molecule has 2 aliphatic heterocycles. The number of benzene rings is 1. The van der Waals surface area contributed by atoms with Crippen LogP contribution in [0, 0.1) is 0 Å². The Morgan fingerprint density at radius 1 is 1.11 bits per heavy atom. The van der Waals surface area contributed by atoms with Crippen molar-refractivity contribution in [3.8, 4) is 0 Å². The lowest BCUT2D eigenvalue weighted by atomic mass is 9.99. The fourth-order valence-electron chi connectivity index (χ4n) is 3.51. The van der Waals surface area contributed by atoms with Crippen molar-refractivity contribution in [2.75, 3.05) is 12.3 Å². The van der Waals surface area contributed by atoms with Crippen LogP contribution in [0.2, 0.25) is 0 Å². The third-order valence-electron chi connectivity index (χ3n) is 5.24. The van der Waals surface area contributed by atoms with E-state index in [-0.39, 0.29) is 15.7 Å². The average Bonchev–Trinajstić information content (AvgIpc) is 2.85. The van der Waals surface area contributed by atoms with Gasteiger partial charge in [-0.25, -0.2) is 18.2 Å². The number of fused-ring (bicyclic) bond motifs is 1. The van der Waals surface area contributed by atoms with E-state index in [4.69, 9.17) is 13.6 Å². The van der Waals surface area contributed by atoms with Gasteiger partial charge in [0.1, 0.15) is 24.1 Å². The first-order valence-corrected chi connectivity index (χ1v) is 11.4. The van der Waals surface area contributed by atoms with Crippen molar-refractivity contribution in [3.05, 3.63) is 59.9 Å². The molecule has 0 radical (unpaired) electrons. The molecule has 13 nitrogen and oxygen atoms in total. The third kappa shape index (κ3) is 4.33. The first kappa shape index (κ1) is 20.8. The molecule has 3 heterocycles. The van der Waals surface area contributed by atoms with Gasteiger partial charge in [-0.15, -0.1) is 0 Å². The molecule has 0 aliphatic carbocycles. The van der Waals surface area contributed by atoms with Gasteiger partial charge >= 0.3 is 5.97 Å². The van der Waals surface area contributed by atoms with Crippen molar-refractivity contribution < 1.29 is 52.0 Å². The first-order valence-electron chi connectivity index (χ1n) is 11.5. The van der Waals surface area contributed by atoms with Gasteiger partial charge < -0.3 is 35.2 Å². The van der Waals surface area contributed by atoms with E-state index in [1.807, 2.05) is 0 Å². The van der Waals surface area contributed by atoms with E-state index in [0.29, 0.717) is 0 Å². The number of aliphatic hydroxyl groups is 3. The molecule has 0 bridgehead atoms. The van der Waals surface area contributed by atoms with E-state index in [1.54, 1.807) is 0 Å². The van der Waals surface area contributed by atoms with Crippen LogP contribution in [0.4, 0.5) is 5.82 Å². The highest BCUT2D eigenvalue weighted by Gasteiger charge is 2.49. The predicted molar refractivity (Wildman–Crippen MR) is 117 cm³/mol. The zero-order valence-corrected chi connectivity index (χ0v) is 18.4. The quantitative estimate of drug-likeness (QED) is 0.329. The normalized spacial score (nSPS) is 29.3. The SMILES string of the molecule is [2H]C([2H])([2H])N1C(C(=O)Nc2ccccn2)=C(O[C@@H]2O[C@H](C(=O)O)[C@@H](O)[C@H](O)[C@H]2O)c2ccccc2S1(=O)=O. The van der Waals surface area contributed by atoms with Crippen molar-refractivity contribution in [1.82, 2.24) is 9.29 Å². The fraction of sp³-hybridized carbons (Fsp3) is 0.286. The Balaban J connectivity index is 1.92. The highest BCUT2D eigenvalue weighted by molar-refractivity contribution is 7.89. The maximum absolute atomic E-state index is 13.4. The molecule has 5 atom stereocenters. The number of nitrogens with zero attached hydrogens (tertiary/aromatic N) is 2. The van der Waals surface area contributed by atoms with E-state index in [0.717, 1.165) is 6.07 Å². The summed E-state index contributed by atoms with van der Waals surface area (Å²) in [7, 11) is -4.89. The number of carboxylic acid groups (broad SMARTS) is 1. The third-order valence-corrected chi connectivity index (χ3v) is 6.81. The number of rotatable bonds is 5. The van der Waals surface area contributed by atoms with E-state index < -0.39 is 75.9 Å². The predicted octanol–water partition coefficient (Wildman–Crippen LogP) is -1.07. The van der Waals surface area contributed by atoms with E-state index in [1.165, 1.54) is 42.6 Å². The van der Waals surface area contributed by atoms with Crippen LogP contribution in [-0.2, 0) is 29.1 Å². The lowest BCUT2D eigenvalue weighted by Crippen LogP contribution is -2.60. The minimum atomic E-state index is -4.89. The van der Waals surface area contributed by atoms with Crippen LogP contribution in [0.3, 0.4) is 0 Å². The minimum absolute atomic E-state index is 0.0791. The largest absolute Gasteiger partial charge is 0.479 e. The summed E-state index contributed by atoms with van der Waals surface area (Å²) in [6.45, 7) is -3.47. The molecule has 2 aromatic rings. The second-order valence-electron chi connectivity index (χ2n) is 7.47. The minimum Gasteiger partial charge on any atom is -0.479 e. The molecule has 1 fully saturated rings. The van der Waals surface area contributed by atoms with Crippen LogP contribution in [-0.4, -0.2) is 87.7 Å². The maximum atomic E-state index is 13.4. The molecule has 0 spiro atoms. The number of aromatic nitrogens is 1. The van der Waals surface area contributed by atoms with Gasteiger partial charge in [-0.2, -0.15) is 0 Å². The average molecular weight is 510 g/mol. The number of ether oxygens (including phenoxy) is 2. The molecule has 14 heteroatoms. The van der Waals surface area contributed by atoms with Crippen molar-refractivity contribution in [2.45, 2.75) is 35.6 Å². The van der Waals surface area contributed by atoms with Gasteiger partial charge in [0.25, 0.3) is 15.9 Å². The van der Waals surface area contributed by atoms with Crippen molar-refractivity contribution in [1.29, 1.82) is 0 Å². The summed E-state index contributed by atoms with van der Waals surface area (Å²) in [5.74, 6) is -3.83. The smallest absolute Gasteiger partial charge is 0.335 e. The summed E-state index contributed by atoms with van der Waals surface area (Å²) < 4.78 is 61.0. The molecule has 2 aliphatic rings. The Kier molecular flexibility index (Phi) is 5.49. The molecule has 1 aromatic carbocycles. The number of carboxylic acids is 1. The highest BCUT2D eigenvalue weighted by Crippen LogP contribution is 2.39. The number of anilines is 1. The number of pyridine rings is 1. The van der Waals surface area contributed by atoms with Gasteiger partial charge in [-0.3, -0.25) is 9.10 Å². The Morgan fingerprint density at radius 2 is 1.83 bits per heavy atom. The molecule has 35 heavy (non-hydrogen) atoms. The molecule has 0 unspecified atom stereocenters. The van der Waals surface area contributed by atoms with Crippen LogP contribution in [0.1, 0.15) is 9.68 Å². The van der Waals surface area contributed by atoms with Crippen molar-refractivity contribution in [3.63, 3.8) is 0 Å². The van der Waals surface area contributed by atoms with E-state index in [9.17, 15) is 38.4 Å². The van der Waals surface area contributed by atoms with Crippen molar-refractivity contribution in [2.24, 2.45) is 0 Å². The van der Waals surface area contributed by atoms with Crippen LogP contribution in [0.15, 0.2) is 59.3 Å². The molecular formula is C21H21N3O10S. The van der Waals surface area contributed by atoms with Crippen LogP contribution >= 0.6 is 0 Å². The van der Waals surface area contributed by atoms with Gasteiger partial charge in [-0.05, 0) is 24.3 Å². The topological polar surface area (TPSA) is 196 Å². The molecule has 186 valence electrons. The van der Waals surface area contributed by atoms with E-state index in [2.05, 4.69) is 10.3 Å². The van der Waals surface area contributed by atoms with Crippen LogP contribution in [0.25, 0.3) is 5.76 Å². The Hall–Kier alpha value is -3.56. The Labute approximate surface area is 203 Å².